The third-order valence-electron chi connectivity index (χ3n) is 2.23. The maximum absolute atomic E-state index is 5.67. The van der Waals surface area contributed by atoms with Gasteiger partial charge in [-0.25, -0.2) is 4.98 Å². The first kappa shape index (κ1) is 13.1. The first-order valence-electron chi connectivity index (χ1n) is 5.03. The number of nitrogen functional groups attached to an aromatic ring is 1. The van der Waals surface area contributed by atoms with Gasteiger partial charge in [0.1, 0.15) is 5.75 Å². The van der Waals surface area contributed by atoms with Crippen molar-refractivity contribution >= 4 is 33.6 Å². The second kappa shape index (κ2) is 5.53. The van der Waals surface area contributed by atoms with Gasteiger partial charge < -0.3 is 10.5 Å². The van der Waals surface area contributed by atoms with Crippen LogP contribution in [-0.4, -0.2) is 28.3 Å². The van der Waals surface area contributed by atoms with Gasteiger partial charge in [0, 0.05) is 10.0 Å². The minimum atomic E-state index is 0.207. The number of nitrogens with two attached hydrogens (primary N) is 1. The zero-order valence-corrected chi connectivity index (χ0v) is 12.2. The highest BCUT2D eigenvalue weighted by molar-refractivity contribution is 9.10. The highest BCUT2D eigenvalue weighted by Crippen LogP contribution is 2.30. The Labute approximate surface area is 117 Å². The summed E-state index contributed by atoms with van der Waals surface area (Å²) in [5.41, 5.74) is 6.49. The molecule has 0 aliphatic rings. The molecule has 0 amide bonds. The lowest BCUT2D eigenvalue weighted by Gasteiger charge is -2.07. The van der Waals surface area contributed by atoms with E-state index in [0.717, 1.165) is 15.8 Å². The maximum Gasteiger partial charge on any atom is 0.224 e. The fourth-order valence-electron chi connectivity index (χ4n) is 1.39. The second-order valence-electron chi connectivity index (χ2n) is 3.35. The zero-order chi connectivity index (χ0) is 13.1. The van der Waals surface area contributed by atoms with E-state index in [2.05, 4.69) is 30.9 Å². The third-order valence-corrected chi connectivity index (χ3v) is 3.47. The average molecular weight is 327 g/mol. The Morgan fingerprint density at radius 3 is 2.72 bits per heavy atom. The predicted molar refractivity (Wildman–Crippen MR) is 75.7 cm³/mol. The molecule has 0 saturated heterocycles. The molecule has 0 fully saturated rings. The van der Waals surface area contributed by atoms with Crippen LogP contribution in [0.1, 0.15) is 0 Å². The van der Waals surface area contributed by atoms with Gasteiger partial charge in [0.25, 0.3) is 0 Å². The molecule has 0 atom stereocenters. The monoisotopic (exact) mass is 326 g/mol. The first-order valence-corrected chi connectivity index (χ1v) is 7.05. The van der Waals surface area contributed by atoms with Gasteiger partial charge in [0.05, 0.1) is 7.11 Å². The number of benzene rings is 1. The predicted octanol–water partition coefficient (Wildman–Crippen LogP) is 2.61. The van der Waals surface area contributed by atoms with Crippen molar-refractivity contribution in [1.29, 1.82) is 0 Å². The number of halogens is 1. The first-order chi connectivity index (χ1) is 8.63. The van der Waals surface area contributed by atoms with E-state index in [0.29, 0.717) is 11.0 Å². The molecule has 0 spiro atoms. The lowest BCUT2D eigenvalue weighted by atomic mass is 10.2. The number of hydrogen-bond donors (Lipinski definition) is 1. The molecule has 1 aromatic heterocycles. The third kappa shape index (κ3) is 2.73. The standard InChI is InChI=1S/C11H11BrN4OS/c1-17-6-3-4-8(12)7(5-6)9-14-10(13)16-11(15-9)18-2/h3-5H,1-2H3,(H2,13,14,15,16). The Balaban J connectivity index is 2.56. The Morgan fingerprint density at radius 2 is 2.06 bits per heavy atom. The Hall–Kier alpha value is -1.34. The highest BCUT2D eigenvalue weighted by atomic mass is 79.9. The van der Waals surface area contributed by atoms with Gasteiger partial charge in [0.15, 0.2) is 11.0 Å². The van der Waals surface area contributed by atoms with Crippen molar-refractivity contribution in [2.24, 2.45) is 0 Å². The van der Waals surface area contributed by atoms with E-state index < -0.39 is 0 Å². The van der Waals surface area contributed by atoms with E-state index in [4.69, 9.17) is 10.5 Å². The number of methoxy groups -OCH3 is 1. The van der Waals surface area contributed by atoms with Gasteiger partial charge in [-0.1, -0.05) is 27.7 Å². The van der Waals surface area contributed by atoms with E-state index in [1.54, 1.807) is 7.11 Å². The van der Waals surface area contributed by atoms with Crippen LogP contribution in [0.15, 0.2) is 27.8 Å². The second-order valence-corrected chi connectivity index (χ2v) is 4.98. The summed E-state index contributed by atoms with van der Waals surface area (Å²) in [6.07, 6.45) is 1.89. The van der Waals surface area contributed by atoms with Crippen LogP contribution < -0.4 is 10.5 Å². The van der Waals surface area contributed by atoms with Crippen LogP contribution in [0.5, 0.6) is 5.75 Å². The summed E-state index contributed by atoms with van der Waals surface area (Å²) < 4.78 is 6.07. The minimum absolute atomic E-state index is 0.207. The number of thioether (sulfide) groups is 1. The van der Waals surface area contributed by atoms with Gasteiger partial charge in [-0.05, 0) is 24.5 Å². The normalized spacial score (nSPS) is 10.4. The summed E-state index contributed by atoms with van der Waals surface area (Å²) in [6.45, 7) is 0. The number of anilines is 1. The van der Waals surface area contributed by atoms with Gasteiger partial charge >= 0.3 is 0 Å². The lowest BCUT2D eigenvalue weighted by Crippen LogP contribution is -2.01. The molecule has 0 unspecified atom stereocenters. The van der Waals surface area contributed by atoms with Gasteiger partial charge in [-0.2, -0.15) is 9.97 Å². The summed E-state index contributed by atoms with van der Waals surface area (Å²) >= 11 is 4.88. The van der Waals surface area contributed by atoms with E-state index in [9.17, 15) is 0 Å². The molecular weight excluding hydrogens is 316 g/mol. The SMILES string of the molecule is COc1ccc(Br)c(-c2nc(N)nc(SC)n2)c1. The quantitative estimate of drug-likeness (QED) is 0.874. The van der Waals surface area contributed by atoms with E-state index >= 15 is 0 Å². The van der Waals surface area contributed by atoms with Gasteiger partial charge in [0.2, 0.25) is 5.95 Å². The largest absolute Gasteiger partial charge is 0.497 e. The Bertz CT molecular complexity index is 579. The van der Waals surface area contributed by atoms with Crippen LogP contribution >= 0.6 is 27.7 Å². The van der Waals surface area contributed by atoms with Crippen LogP contribution in [0, 0.1) is 0 Å². The van der Waals surface area contributed by atoms with E-state index in [1.807, 2.05) is 24.5 Å². The number of hydrogen-bond acceptors (Lipinski definition) is 6. The highest BCUT2D eigenvalue weighted by Gasteiger charge is 2.11. The van der Waals surface area contributed by atoms with Crippen LogP contribution in [0.3, 0.4) is 0 Å². The molecule has 1 heterocycles. The van der Waals surface area contributed by atoms with Crippen LogP contribution in [0.25, 0.3) is 11.4 Å². The van der Waals surface area contributed by atoms with Crippen molar-refractivity contribution in [2.75, 3.05) is 19.1 Å². The number of rotatable bonds is 3. The lowest BCUT2D eigenvalue weighted by molar-refractivity contribution is 0.415. The molecule has 0 bridgehead atoms. The van der Waals surface area contributed by atoms with Crippen molar-refractivity contribution in [2.45, 2.75) is 5.16 Å². The van der Waals surface area contributed by atoms with Crippen molar-refractivity contribution in [3.63, 3.8) is 0 Å². The molecule has 0 aliphatic carbocycles. The maximum atomic E-state index is 5.67. The number of nitrogens with zero attached hydrogens (tertiary/aromatic N) is 3. The van der Waals surface area contributed by atoms with Crippen molar-refractivity contribution < 1.29 is 4.74 Å². The molecule has 2 aromatic rings. The molecule has 5 nitrogen and oxygen atoms in total. The van der Waals surface area contributed by atoms with Gasteiger partial charge in [-0.15, -0.1) is 0 Å². The number of aromatic nitrogens is 3. The molecule has 94 valence electrons. The molecule has 18 heavy (non-hydrogen) atoms. The molecule has 2 rings (SSSR count). The molecule has 0 aliphatic heterocycles. The fourth-order valence-corrected chi connectivity index (χ4v) is 2.17. The topological polar surface area (TPSA) is 73.9 Å². The zero-order valence-electron chi connectivity index (χ0n) is 9.85. The summed E-state index contributed by atoms with van der Waals surface area (Å²) in [6, 6.07) is 5.59. The summed E-state index contributed by atoms with van der Waals surface area (Å²) in [7, 11) is 1.61. The molecule has 1 aromatic carbocycles. The number of ether oxygens (including phenoxy) is 1. The van der Waals surface area contributed by atoms with Crippen molar-refractivity contribution in [1.82, 2.24) is 15.0 Å². The van der Waals surface area contributed by atoms with Gasteiger partial charge in [-0.3, -0.25) is 0 Å². The summed E-state index contributed by atoms with van der Waals surface area (Å²) in [4.78, 5) is 12.5. The van der Waals surface area contributed by atoms with Crippen LogP contribution in [0.2, 0.25) is 0 Å². The average Bonchev–Trinajstić information content (AvgIpc) is 2.38. The smallest absolute Gasteiger partial charge is 0.224 e. The molecular formula is C11H11BrN4OS. The van der Waals surface area contributed by atoms with E-state index in [-0.39, 0.29) is 5.95 Å². The Kier molecular flexibility index (Phi) is 4.03. The van der Waals surface area contributed by atoms with E-state index in [1.165, 1.54) is 11.8 Å². The van der Waals surface area contributed by atoms with Crippen molar-refractivity contribution in [3.8, 4) is 17.1 Å². The van der Waals surface area contributed by atoms with Crippen LogP contribution in [0.4, 0.5) is 5.95 Å². The molecule has 2 N–H and O–H groups in total. The van der Waals surface area contributed by atoms with Crippen LogP contribution in [-0.2, 0) is 0 Å². The molecule has 0 radical (unpaired) electrons. The van der Waals surface area contributed by atoms with Crippen molar-refractivity contribution in [3.05, 3.63) is 22.7 Å². The fraction of sp³-hybridized carbons (Fsp3) is 0.182. The molecule has 0 saturated carbocycles. The minimum Gasteiger partial charge on any atom is -0.497 e. The Morgan fingerprint density at radius 1 is 1.28 bits per heavy atom. The summed E-state index contributed by atoms with van der Waals surface area (Å²) in [5.74, 6) is 1.47. The summed E-state index contributed by atoms with van der Waals surface area (Å²) in [5, 5.41) is 0.590. The molecule has 7 heteroatoms.